The molecular weight excluding hydrogens is 525 g/mol. The Balaban J connectivity index is 1.39. The van der Waals surface area contributed by atoms with E-state index >= 15 is 4.39 Å². The second-order valence-corrected chi connectivity index (χ2v) is 9.64. The fourth-order valence-corrected chi connectivity index (χ4v) is 5.16. The molecule has 39 heavy (non-hydrogen) atoms. The van der Waals surface area contributed by atoms with E-state index < -0.39 is 5.82 Å². The van der Waals surface area contributed by atoms with Crippen LogP contribution < -0.4 is 10.9 Å². The lowest BCUT2D eigenvalue weighted by atomic mass is 9.99. The Morgan fingerprint density at radius 3 is 2.72 bits per heavy atom. The topological polar surface area (TPSA) is 136 Å². The number of halogens is 2. The van der Waals surface area contributed by atoms with E-state index in [1.54, 1.807) is 48.3 Å². The highest BCUT2D eigenvalue weighted by Gasteiger charge is 2.33. The van der Waals surface area contributed by atoms with E-state index in [0.29, 0.717) is 34.9 Å². The normalized spacial score (nSPS) is 16.3. The van der Waals surface area contributed by atoms with Crippen molar-refractivity contribution in [2.45, 2.75) is 25.3 Å². The number of benzene rings is 1. The molecule has 0 radical (unpaired) electrons. The van der Waals surface area contributed by atoms with Gasteiger partial charge in [0.05, 0.1) is 28.6 Å². The first kappa shape index (κ1) is 24.6. The van der Waals surface area contributed by atoms with Crippen LogP contribution in [0.3, 0.4) is 0 Å². The molecule has 5 heterocycles. The Morgan fingerprint density at radius 1 is 1.15 bits per heavy atom. The third kappa shape index (κ3) is 4.18. The number of aromatic nitrogens is 8. The van der Waals surface area contributed by atoms with Crippen molar-refractivity contribution in [3.05, 3.63) is 93.5 Å². The zero-order chi connectivity index (χ0) is 27.3. The predicted octanol–water partition coefficient (Wildman–Crippen LogP) is 3.52. The second kappa shape index (κ2) is 9.55. The zero-order valence-corrected chi connectivity index (χ0v) is 21.5. The molecule has 11 nitrogen and oxygen atoms in total. The first-order valence-electron chi connectivity index (χ1n) is 12.1. The predicted molar refractivity (Wildman–Crippen MR) is 140 cm³/mol. The van der Waals surface area contributed by atoms with Gasteiger partial charge >= 0.3 is 0 Å². The molecule has 196 valence electrons. The Hall–Kier alpha value is -4.71. The van der Waals surface area contributed by atoms with E-state index in [0.717, 1.165) is 11.3 Å². The van der Waals surface area contributed by atoms with Crippen LogP contribution in [-0.4, -0.2) is 52.7 Å². The van der Waals surface area contributed by atoms with Gasteiger partial charge in [0.2, 0.25) is 0 Å². The van der Waals surface area contributed by atoms with E-state index in [-0.39, 0.29) is 34.0 Å². The maximum absolute atomic E-state index is 15.4. The molecule has 1 aliphatic rings. The number of hydrogen-bond acceptors (Lipinski definition) is 7. The molecule has 4 aromatic heterocycles. The Kier molecular flexibility index (Phi) is 6.03. The van der Waals surface area contributed by atoms with Crippen molar-refractivity contribution in [3.8, 4) is 28.1 Å². The van der Waals surface area contributed by atoms with Crippen LogP contribution in [-0.2, 0) is 0 Å². The zero-order valence-electron chi connectivity index (χ0n) is 20.8. The third-order valence-electron chi connectivity index (χ3n) is 6.89. The smallest absolute Gasteiger partial charge is 0.269 e. The van der Waals surface area contributed by atoms with Crippen molar-refractivity contribution >= 4 is 17.5 Å². The average Bonchev–Trinajstić information content (AvgIpc) is 3.71. The number of amides is 1. The van der Waals surface area contributed by atoms with E-state index in [4.69, 9.17) is 11.6 Å². The summed E-state index contributed by atoms with van der Waals surface area (Å²) >= 11 is 6.11. The van der Waals surface area contributed by atoms with Gasteiger partial charge in [0.25, 0.3) is 11.5 Å². The number of pyridine rings is 2. The van der Waals surface area contributed by atoms with Gasteiger partial charge < -0.3 is 14.9 Å². The summed E-state index contributed by atoms with van der Waals surface area (Å²) in [6.45, 7) is 2.01. The quantitative estimate of drug-likeness (QED) is 0.345. The summed E-state index contributed by atoms with van der Waals surface area (Å²) in [5, 5.41) is 13.6. The van der Waals surface area contributed by atoms with Crippen LogP contribution in [0.25, 0.3) is 28.1 Å². The van der Waals surface area contributed by atoms with Gasteiger partial charge in [-0.15, -0.1) is 5.10 Å². The van der Waals surface area contributed by atoms with Gasteiger partial charge in [-0.2, -0.15) is 4.68 Å². The Labute approximate surface area is 225 Å². The van der Waals surface area contributed by atoms with Gasteiger partial charge in [-0.05, 0) is 58.7 Å². The SMILES string of the molecule is CNC(=O)c1ccc(-c2cnc([C@@H]3C[C@H](C)c4cc(-c5c(-n6cnnn6)ccc(Cl)c5F)cc(=O)n43)[nH]2)cn1. The number of aromatic amines is 1. The number of carbonyl (C=O) groups excluding carboxylic acids is 1. The van der Waals surface area contributed by atoms with Gasteiger partial charge in [-0.25, -0.2) is 9.37 Å². The largest absolute Gasteiger partial charge is 0.354 e. The molecule has 0 unspecified atom stereocenters. The molecule has 1 amide bonds. The molecule has 5 aromatic rings. The van der Waals surface area contributed by atoms with Crippen LogP contribution in [0.4, 0.5) is 4.39 Å². The fourth-order valence-electron chi connectivity index (χ4n) is 5.00. The molecule has 0 spiro atoms. The van der Waals surface area contributed by atoms with Crippen molar-refractivity contribution in [3.63, 3.8) is 0 Å². The van der Waals surface area contributed by atoms with E-state index in [1.807, 2.05) is 6.92 Å². The minimum atomic E-state index is -0.664. The fraction of sp³-hybridized carbons (Fsp3) is 0.192. The van der Waals surface area contributed by atoms with Gasteiger partial charge in [-0.3, -0.25) is 14.6 Å². The standard InChI is InChI=1S/C26H21ClFN9O2/c1-13-7-21(25-31-11-18(33-25)14-3-5-17(30-10-14)26(39)29-2)37-20(13)8-15(9-22(37)38)23-19(36-12-32-34-35-36)6-4-16(27)24(23)28/h3-6,8-13,21H,7H2,1-2H3,(H,29,39)(H,31,33)/t13-,21-/m0/s1. The molecule has 1 aliphatic heterocycles. The van der Waals surface area contributed by atoms with Crippen LogP contribution in [0, 0.1) is 5.82 Å². The monoisotopic (exact) mass is 545 g/mol. The molecule has 13 heteroatoms. The molecule has 0 saturated heterocycles. The van der Waals surface area contributed by atoms with E-state index in [9.17, 15) is 9.59 Å². The number of imidazole rings is 1. The van der Waals surface area contributed by atoms with Crippen molar-refractivity contribution in [1.82, 2.24) is 45.0 Å². The highest BCUT2D eigenvalue weighted by atomic mass is 35.5. The van der Waals surface area contributed by atoms with Crippen LogP contribution in [0.5, 0.6) is 0 Å². The summed E-state index contributed by atoms with van der Waals surface area (Å²) < 4.78 is 18.4. The molecule has 0 fully saturated rings. The maximum Gasteiger partial charge on any atom is 0.269 e. The van der Waals surface area contributed by atoms with Crippen LogP contribution in [0.15, 0.2) is 59.9 Å². The van der Waals surface area contributed by atoms with Crippen molar-refractivity contribution in [2.24, 2.45) is 0 Å². The van der Waals surface area contributed by atoms with Crippen LogP contribution in [0.2, 0.25) is 5.02 Å². The number of H-pyrrole nitrogens is 1. The lowest BCUT2D eigenvalue weighted by molar-refractivity contribution is 0.0958. The number of carbonyl (C=O) groups is 1. The van der Waals surface area contributed by atoms with E-state index in [1.165, 1.54) is 23.1 Å². The number of tetrazole rings is 1. The van der Waals surface area contributed by atoms with Crippen molar-refractivity contribution in [2.75, 3.05) is 7.05 Å². The lowest BCUT2D eigenvalue weighted by Gasteiger charge is -2.16. The van der Waals surface area contributed by atoms with Gasteiger partial charge in [0.1, 0.15) is 17.8 Å². The summed E-state index contributed by atoms with van der Waals surface area (Å²) in [5.74, 6) is -0.333. The third-order valence-corrected chi connectivity index (χ3v) is 7.19. The molecule has 2 atom stereocenters. The molecule has 1 aromatic carbocycles. The highest BCUT2D eigenvalue weighted by molar-refractivity contribution is 6.31. The summed E-state index contributed by atoms with van der Waals surface area (Å²) in [4.78, 5) is 37.3. The number of rotatable bonds is 5. The Morgan fingerprint density at radius 2 is 2.00 bits per heavy atom. The minimum absolute atomic E-state index is 0.0107. The summed E-state index contributed by atoms with van der Waals surface area (Å²) in [6.07, 6.45) is 5.24. The Bertz CT molecular complexity index is 1760. The molecule has 6 rings (SSSR count). The van der Waals surface area contributed by atoms with E-state index in [2.05, 4.69) is 35.8 Å². The molecule has 0 bridgehead atoms. The molecule has 2 N–H and O–H groups in total. The number of fused-ring (bicyclic) bond motifs is 1. The minimum Gasteiger partial charge on any atom is -0.354 e. The second-order valence-electron chi connectivity index (χ2n) is 9.23. The average molecular weight is 546 g/mol. The number of hydrogen-bond donors (Lipinski definition) is 2. The maximum atomic E-state index is 15.4. The van der Waals surface area contributed by atoms with Crippen LogP contribution in [0.1, 0.15) is 47.3 Å². The van der Waals surface area contributed by atoms with Crippen molar-refractivity contribution in [1.29, 1.82) is 0 Å². The number of nitrogens with one attached hydrogen (secondary N) is 2. The summed E-state index contributed by atoms with van der Waals surface area (Å²) in [5.41, 5.74) is 3.10. The van der Waals surface area contributed by atoms with Gasteiger partial charge in [0.15, 0.2) is 5.82 Å². The molecule has 0 saturated carbocycles. The van der Waals surface area contributed by atoms with Crippen molar-refractivity contribution < 1.29 is 9.18 Å². The first-order chi connectivity index (χ1) is 18.9. The van der Waals surface area contributed by atoms with Crippen LogP contribution >= 0.6 is 11.6 Å². The first-order valence-corrected chi connectivity index (χ1v) is 12.4. The summed E-state index contributed by atoms with van der Waals surface area (Å²) in [6, 6.07) is 9.29. The number of nitrogens with zero attached hydrogens (tertiary/aromatic N) is 7. The molecular formula is C26H21ClFN9O2. The van der Waals surface area contributed by atoms with Gasteiger partial charge in [0, 0.05) is 36.1 Å². The lowest BCUT2D eigenvalue weighted by Crippen LogP contribution is -2.24. The highest BCUT2D eigenvalue weighted by Crippen LogP contribution is 2.40. The summed E-state index contributed by atoms with van der Waals surface area (Å²) in [7, 11) is 1.54. The molecule has 0 aliphatic carbocycles. The van der Waals surface area contributed by atoms with Gasteiger partial charge in [-0.1, -0.05) is 18.5 Å².